The molecule has 2 aromatic heterocycles. The lowest BCUT2D eigenvalue weighted by Crippen LogP contribution is -2.30. The lowest BCUT2D eigenvalue weighted by atomic mass is 9.89. The van der Waals surface area contributed by atoms with Gasteiger partial charge in [0.1, 0.15) is 11.3 Å². The first-order valence-electron chi connectivity index (χ1n) is 10.2. The summed E-state index contributed by atoms with van der Waals surface area (Å²) in [5, 5.41) is 3.03. The van der Waals surface area contributed by atoms with Gasteiger partial charge in [-0.2, -0.15) is 0 Å². The molecule has 0 bridgehead atoms. The van der Waals surface area contributed by atoms with Crippen LogP contribution >= 0.6 is 0 Å². The summed E-state index contributed by atoms with van der Waals surface area (Å²) in [4.78, 5) is 25.0. The van der Waals surface area contributed by atoms with E-state index in [0.29, 0.717) is 36.3 Å². The van der Waals surface area contributed by atoms with Crippen molar-refractivity contribution in [3.8, 4) is 0 Å². The fourth-order valence-corrected chi connectivity index (χ4v) is 4.29. The molecule has 5 nitrogen and oxygen atoms in total. The molecule has 1 saturated carbocycles. The van der Waals surface area contributed by atoms with Crippen LogP contribution in [0.1, 0.15) is 44.9 Å². The van der Waals surface area contributed by atoms with Crippen LogP contribution in [0.5, 0.6) is 0 Å². The van der Waals surface area contributed by atoms with Gasteiger partial charge in [0.05, 0.1) is 11.0 Å². The minimum absolute atomic E-state index is 0.0258. The Morgan fingerprint density at radius 2 is 1.93 bits per heavy atom. The quantitative estimate of drug-likeness (QED) is 0.703. The van der Waals surface area contributed by atoms with Gasteiger partial charge in [0.15, 0.2) is 0 Å². The third kappa shape index (κ3) is 3.81. The normalized spacial score (nSPS) is 15.3. The molecular weight excluding hydrogens is 357 g/mol. The highest BCUT2D eigenvalue weighted by Crippen LogP contribution is 2.22. The molecule has 148 valence electrons. The Hall–Kier alpha value is -2.63. The van der Waals surface area contributed by atoms with E-state index in [1.807, 2.05) is 6.07 Å². The zero-order chi connectivity index (χ0) is 19.5. The van der Waals surface area contributed by atoms with E-state index in [0.717, 1.165) is 12.1 Å². The van der Waals surface area contributed by atoms with Crippen molar-refractivity contribution in [2.24, 2.45) is 5.92 Å². The molecule has 1 aromatic carbocycles. The molecule has 1 aliphatic rings. The van der Waals surface area contributed by atoms with E-state index < -0.39 is 0 Å². The fraction of sp³-hybridized carbons (Fsp3) is 0.455. The van der Waals surface area contributed by atoms with E-state index in [1.54, 1.807) is 27.3 Å². The smallest absolute Gasteiger partial charge is 0.275 e. The molecule has 3 aromatic rings. The molecule has 4 rings (SSSR count). The van der Waals surface area contributed by atoms with E-state index in [1.165, 1.54) is 44.2 Å². The number of nitrogens with one attached hydrogen (secondary N) is 1. The lowest BCUT2D eigenvalue weighted by Gasteiger charge is -2.21. The number of carbonyl (C=O) groups is 1. The standard InChI is InChI=1S/C22H26FN3O2/c23-17-10-11-18-20(14-17)26(22(28)19-8-4-12-25(18)19)13-5-9-21(27)24-15-16-6-2-1-3-7-16/h4,8,10-12,14,16H,1-3,5-7,9,13,15H2,(H,24,27). The summed E-state index contributed by atoms with van der Waals surface area (Å²) in [5.41, 5.74) is 1.73. The van der Waals surface area contributed by atoms with E-state index in [9.17, 15) is 14.0 Å². The number of hydrogen-bond acceptors (Lipinski definition) is 2. The van der Waals surface area contributed by atoms with Gasteiger partial charge >= 0.3 is 0 Å². The van der Waals surface area contributed by atoms with E-state index in [2.05, 4.69) is 5.32 Å². The summed E-state index contributed by atoms with van der Waals surface area (Å²) in [7, 11) is 0. The maximum atomic E-state index is 13.8. The van der Waals surface area contributed by atoms with E-state index in [4.69, 9.17) is 0 Å². The monoisotopic (exact) mass is 383 g/mol. The number of nitrogens with zero attached hydrogens (tertiary/aromatic N) is 2. The predicted octanol–water partition coefficient (Wildman–Crippen LogP) is 3.87. The second kappa shape index (κ2) is 8.17. The molecule has 1 fully saturated rings. The second-order valence-electron chi connectivity index (χ2n) is 7.76. The maximum absolute atomic E-state index is 13.8. The fourth-order valence-electron chi connectivity index (χ4n) is 4.29. The average Bonchev–Trinajstić information content (AvgIpc) is 3.20. The lowest BCUT2D eigenvalue weighted by molar-refractivity contribution is -0.121. The minimum Gasteiger partial charge on any atom is -0.356 e. The Labute approximate surface area is 163 Å². The number of hydrogen-bond donors (Lipinski definition) is 1. The molecule has 28 heavy (non-hydrogen) atoms. The Balaban J connectivity index is 1.45. The summed E-state index contributed by atoms with van der Waals surface area (Å²) in [5.74, 6) is 0.249. The van der Waals surface area contributed by atoms with Crippen molar-refractivity contribution >= 4 is 22.5 Å². The SMILES string of the molecule is O=C(CCCn1c(=O)c2cccn2c2ccc(F)cc21)NCC1CCCCC1. The van der Waals surface area contributed by atoms with Gasteiger partial charge in [-0.1, -0.05) is 19.3 Å². The van der Waals surface area contributed by atoms with Crippen molar-refractivity contribution in [3.05, 3.63) is 52.7 Å². The van der Waals surface area contributed by atoms with Crippen molar-refractivity contribution in [1.29, 1.82) is 0 Å². The first kappa shape index (κ1) is 18.7. The molecular formula is C22H26FN3O2. The summed E-state index contributed by atoms with van der Waals surface area (Å²) in [6.45, 7) is 1.14. The van der Waals surface area contributed by atoms with Gasteiger partial charge < -0.3 is 14.3 Å². The molecule has 1 N–H and O–H groups in total. The van der Waals surface area contributed by atoms with Gasteiger partial charge in [-0.15, -0.1) is 0 Å². The molecule has 0 radical (unpaired) electrons. The summed E-state index contributed by atoms with van der Waals surface area (Å²) < 4.78 is 17.2. The molecule has 0 atom stereocenters. The highest BCUT2D eigenvalue weighted by atomic mass is 19.1. The van der Waals surface area contributed by atoms with Gasteiger partial charge in [-0.05, 0) is 55.5 Å². The maximum Gasteiger partial charge on any atom is 0.275 e. The van der Waals surface area contributed by atoms with Crippen LogP contribution in [-0.2, 0) is 11.3 Å². The number of aromatic nitrogens is 2. The van der Waals surface area contributed by atoms with Crippen molar-refractivity contribution < 1.29 is 9.18 Å². The van der Waals surface area contributed by atoms with Crippen LogP contribution in [0.25, 0.3) is 16.6 Å². The Morgan fingerprint density at radius 1 is 1.11 bits per heavy atom. The first-order valence-corrected chi connectivity index (χ1v) is 10.2. The molecule has 6 heteroatoms. The number of aryl methyl sites for hydroxylation is 1. The molecule has 0 spiro atoms. The first-order chi connectivity index (χ1) is 13.6. The second-order valence-corrected chi connectivity index (χ2v) is 7.76. The van der Waals surface area contributed by atoms with Crippen LogP contribution < -0.4 is 10.9 Å². The third-order valence-electron chi connectivity index (χ3n) is 5.80. The third-order valence-corrected chi connectivity index (χ3v) is 5.80. The van der Waals surface area contributed by atoms with Crippen LogP contribution in [0, 0.1) is 11.7 Å². The van der Waals surface area contributed by atoms with Crippen LogP contribution in [0.3, 0.4) is 0 Å². The Kier molecular flexibility index (Phi) is 5.46. The highest BCUT2D eigenvalue weighted by molar-refractivity contribution is 5.79. The summed E-state index contributed by atoms with van der Waals surface area (Å²) >= 11 is 0. The zero-order valence-corrected chi connectivity index (χ0v) is 16.0. The van der Waals surface area contributed by atoms with E-state index in [-0.39, 0.29) is 17.3 Å². The van der Waals surface area contributed by atoms with Crippen LogP contribution in [-0.4, -0.2) is 21.4 Å². The van der Waals surface area contributed by atoms with Crippen molar-refractivity contribution in [1.82, 2.24) is 14.3 Å². The predicted molar refractivity (Wildman–Crippen MR) is 108 cm³/mol. The van der Waals surface area contributed by atoms with Crippen molar-refractivity contribution in [2.75, 3.05) is 6.54 Å². The van der Waals surface area contributed by atoms with Crippen molar-refractivity contribution in [3.63, 3.8) is 0 Å². The highest BCUT2D eigenvalue weighted by Gasteiger charge is 2.15. The van der Waals surface area contributed by atoms with Crippen LogP contribution in [0.2, 0.25) is 0 Å². The number of carbonyl (C=O) groups excluding carboxylic acids is 1. The number of amides is 1. The average molecular weight is 383 g/mol. The summed E-state index contributed by atoms with van der Waals surface area (Å²) in [6, 6.07) is 8.04. The van der Waals surface area contributed by atoms with Crippen molar-refractivity contribution in [2.45, 2.75) is 51.5 Å². The molecule has 0 aliphatic heterocycles. The molecule has 1 aliphatic carbocycles. The number of fused-ring (bicyclic) bond motifs is 3. The number of halogens is 1. The zero-order valence-electron chi connectivity index (χ0n) is 16.0. The Morgan fingerprint density at radius 3 is 2.75 bits per heavy atom. The van der Waals surface area contributed by atoms with E-state index >= 15 is 0 Å². The van der Waals surface area contributed by atoms with Crippen LogP contribution in [0.4, 0.5) is 4.39 Å². The topological polar surface area (TPSA) is 55.5 Å². The molecule has 0 unspecified atom stereocenters. The molecule has 1 amide bonds. The van der Waals surface area contributed by atoms with Gasteiger partial charge in [-0.25, -0.2) is 4.39 Å². The number of rotatable bonds is 6. The van der Waals surface area contributed by atoms with Crippen LogP contribution in [0.15, 0.2) is 41.3 Å². The number of benzene rings is 1. The molecule has 0 saturated heterocycles. The van der Waals surface area contributed by atoms with Gasteiger partial charge in [-0.3, -0.25) is 9.59 Å². The minimum atomic E-state index is -0.377. The molecule has 2 heterocycles. The van der Waals surface area contributed by atoms with Gasteiger partial charge in [0, 0.05) is 25.7 Å². The van der Waals surface area contributed by atoms with Gasteiger partial charge in [0.2, 0.25) is 5.91 Å². The van der Waals surface area contributed by atoms with Gasteiger partial charge in [0.25, 0.3) is 5.56 Å². The summed E-state index contributed by atoms with van der Waals surface area (Å²) in [6.07, 6.45) is 8.93. The largest absolute Gasteiger partial charge is 0.356 e. The Bertz CT molecular complexity index is 1050.